The molecule has 0 spiro atoms. The van der Waals surface area contributed by atoms with Crippen molar-refractivity contribution in [3.63, 3.8) is 0 Å². The number of fused-ring (bicyclic) bond motifs is 3. The summed E-state index contributed by atoms with van der Waals surface area (Å²) in [5.74, 6) is 0.592. The molecule has 25 heavy (non-hydrogen) atoms. The van der Waals surface area contributed by atoms with Gasteiger partial charge in [-0.25, -0.2) is 4.79 Å². The molecule has 0 atom stereocenters. The average molecular weight is 341 g/mol. The van der Waals surface area contributed by atoms with Crippen LogP contribution >= 0.6 is 0 Å². The maximum absolute atomic E-state index is 12.3. The summed E-state index contributed by atoms with van der Waals surface area (Å²) in [6.07, 6.45) is 7.25. The Hall–Kier alpha value is -2.30. The molecule has 0 saturated carbocycles. The number of benzene rings is 1. The summed E-state index contributed by atoms with van der Waals surface area (Å²) >= 11 is 0. The van der Waals surface area contributed by atoms with Gasteiger partial charge in [0.1, 0.15) is 11.3 Å². The zero-order chi connectivity index (χ0) is 17.2. The number of aryl methyl sites for hydroxylation is 1. The number of amides is 1. The van der Waals surface area contributed by atoms with Gasteiger partial charge in [-0.05, 0) is 49.8 Å². The molecule has 1 aromatic heterocycles. The van der Waals surface area contributed by atoms with Gasteiger partial charge >= 0.3 is 5.63 Å². The van der Waals surface area contributed by atoms with Crippen molar-refractivity contribution in [3.05, 3.63) is 39.7 Å². The molecule has 1 aromatic carbocycles. The van der Waals surface area contributed by atoms with E-state index in [0.29, 0.717) is 11.3 Å². The van der Waals surface area contributed by atoms with Crippen LogP contribution in [0.25, 0.3) is 11.0 Å². The minimum absolute atomic E-state index is 0.0254. The minimum Gasteiger partial charge on any atom is -0.484 e. The van der Waals surface area contributed by atoms with Gasteiger partial charge in [0.25, 0.3) is 5.91 Å². The minimum atomic E-state index is -0.238. The molecule has 4 rings (SSSR count). The van der Waals surface area contributed by atoms with Crippen LogP contribution in [0.15, 0.2) is 27.4 Å². The summed E-state index contributed by atoms with van der Waals surface area (Å²) in [4.78, 5) is 26.3. The molecule has 5 nitrogen and oxygen atoms in total. The zero-order valence-corrected chi connectivity index (χ0v) is 14.4. The molecule has 1 fully saturated rings. The molecule has 2 heterocycles. The highest BCUT2D eigenvalue weighted by atomic mass is 16.5. The highest BCUT2D eigenvalue weighted by Crippen LogP contribution is 2.29. The van der Waals surface area contributed by atoms with Crippen molar-refractivity contribution in [2.24, 2.45) is 0 Å². The van der Waals surface area contributed by atoms with Crippen molar-refractivity contribution in [2.45, 2.75) is 44.9 Å². The predicted octanol–water partition coefficient (Wildman–Crippen LogP) is 3.06. The van der Waals surface area contributed by atoms with Crippen LogP contribution < -0.4 is 10.4 Å². The fraction of sp³-hybridized carbons (Fsp3) is 0.500. The van der Waals surface area contributed by atoms with Crippen molar-refractivity contribution in [1.82, 2.24) is 4.90 Å². The second-order valence-corrected chi connectivity index (χ2v) is 6.94. The van der Waals surface area contributed by atoms with E-state index in [1.807, 2.05) is 17.0 Å². The average Bonchev–Trinajstić information content (AvgIpc) is 2.96. The van der Waals surface area contributed by atoms with Gasteiger partial charge < -0.3 is 14.1 Å². The second-order valence-electron chi connectivity index (χ2n) is 6.94. The number of nitrogens with zero attached hydrogens (tertiary/aromatic N) is 1. The van der Waals surface area contributed by atoms with Crippen molar-refractivity contribution in [2.75, 3.05) is 19.7 Å². The number of hydrogen-bond donors (Lipinski definition) is 0. The van der Waals surface area contributed by atoms with E-state index in [-0.39, 0.29) is 18.1 Å². The molecule has 0 N–H and O–H groups in total. The third-order valence-electron chi connectivity index (χ3n) is 5.27. The summed E-state index contributed by atoms with van der Waals surface area (Å²) in [5, 5.41) is 0.985. The molecule has 0 radical (unpaired) electrons. The van der Waals surface area contributed by atoms with Gasteiger partial charge in [-0.3, -0.25) is 4.79 Å². The molecule has 0 unspecified atom stereocenters. The van der Waals surface area contributed by atoms with Crippen LogP contribution in [0.2, 0.25) is 0 Å². The van der Waals surface area contributed by atoms with Crippen LogP contribution in [0, 0.1) is 0 Å². The largest absolute Gasteiger partial charge is 0.484 e. The number of carbonyl (C=O) groups excluding carboxylic acids is 1. The Morgan fingerprint density at radius 2 is 1.80 bits per heavy atom. The lowest BCUT2D eigenvalue weighted by Crippen LogP contribution is -2.35. The fourth-order valence-corrected chi connectivity index (χ4v) is 3.91. The Labute approximate surface area is 146 Å². The summed E-state index contributed by atoms with van der Waals surface area (Å²) in [5.41, 5.74) is 2.24. The lowest BCUT2D eigenvalue weighted by Gasteiger charge is -2.20. The zero-order valence-electron chi connectivity index (χ0n) is 14.4. The molecule has 1 amide bonds. The summed E-state index contributed by atoms with van der Waals surface area (Å²) in [7, 11) is 0. The Bertz CT molecular complexity index is 847. The van der Waals surface area contributed by atoms with Crippen LogP contribution in [0.3, 0.4) is 0 Å². The molecule has 1 aliphatic carbocycles. The standard InChI is InChI=1S/C20H23NO4/c22-19(21-10-3-1-2-4-11-21)13-24-14-8-9-16-15-6-5-7-17(15)20(23)25-18(16)12-14/h8-9,12H,1-7,10-11,13H2. The molecule has 1 aliphatic heterocycles. The van der Waals surface area contributed by atoms with E-state index in [4.69, 9.17) is 9.15 Å². The van der Waals surface area contributed by atoms with Gasteiger partial charge in [-0.2, -0.15) is 0 Å². The highest BCUT2D eigenvalue weighted by molar-refractivity contribution is 5.83. The Morgan fingerprint density at radius 3 is 2.60 bits per heavy atom. The number of hydrogen-bond acceptors (Lipinski definition) is 4. The van der Waals surface area contributed by atoms with Crippen molar-refractivity contribution >= 4 is 16.9 Å². The van der Waals surface area contributed by atoms with E-state index in [1.165, 1.54) is 12.8 Å². The lowest BCUT2D eigenvalue weighted by atomic mass is 10.1. The quantitative estimate of drug-likeness (QED) is 0.805. The van der Waals surface area contributed by atoms with Crippen LogP contribution in [-0.2, 0) is 17.6 Å². The first-order valence-electron chi connectivity index (χ1n) is 9.21. The van der Waals surface area contributed by atoms with Crippen molar-refractivity contribution in [1.29, 1.82) is 0 Å². The van der Waals surface area contributed by atoms with E-state index in [9.17, 15) is 9.59 Å². The third kappa shape index (κ3) is 3.28. The van der Waals surface area contributed by atoms with Crippen LogP contribution in [0.1, 0.15) is 43.2 Å². The first-order valence-corrected chi connectivity index (χ1v) is 9.21. The Balaban J connectivity index is 1.49. The fourth-order valence-electron chi connectivity index (χ4n) is 3.91. The molecule has 5 heteroatoms. The van der Waals surface area contributed by atoms with Crippen LogP contribution in [-0.4, -0.2) is 30.5 Å². The molecule has 2 aromatic rings. The molecule has 132 valence electrons. The van der Waals surface area contributed by atoms with Gasteiger partial charge in [0.2, 0.25) is 0 Å². The second kappa shape index (κ2) is 6.90. The van der Waals surface area contributed by atoms with Gasteiger partial charge in [0.15, 0.2) is 6.61 Å². The molecule has 2 aliphatic rings. The van der Waals surface area contributed by atoms with Crippen LogP contribution in [0.5, 0.6) is 5.75 Å². The third-order valence-corrected chi connectivity index (χ3v) is 5.27. The number of ether oxygens (including phenoxy) is 1. The Kier molecular flexibility index (Phi) is 4.47. The van der Waals surface area contributed by atoms with E-state index in [2.05, 4.69) is 0 Å². The first kappa shape index (κ1) is 16.2. The summed E-state index contributed by atoms with van der Waals surface area (Å²) in [6.45, 7) is 1.67. The highest BCUT2D eigenvalue weighted by Gasteiger charge is 2.20. The summed E-state index contributed by atoms with van der Waals surface area (Å²) < 4.78 is 11.1. The van der Waals surface area contributed by atoms with Crippen LogP contribution in [0.4, 0.5) is 0 Å². The van der Waals surface area contributed by atoms with E-state index in [1.54, 1.807) is 6.07 Å². The van der Waals surface area contributed by atoms with Gasteiger partial charge in [0.05, 0.1) is 0 Å². The lowest BCUT2D eigenvalue weighted by molar-refractivity contribution is -0.133. The number of carbonyl (C=O) groups is 1. The van der Waals surface area contributed by atoms with E-state index in [0.717, 1.165) is 61.7 Å². The topological polar surface area (TPSA) is 59.8 Å². The summed E-state index contributed by atoms with van der Waals surface area (Å²) in [6, 6.07) is 5.52. The van der Waals surface area contributed by atoms with E-state index < -0.39 is 0 Å². The smallest absolute Gasteiger partial charge is 0.339 e. The Morgan fingerprint density at radius 1 is 1.04 bits per heavy atom. The van der Waals surface area contributed by atoms with E-state index >= 15 is 0 Å². The molecule has 0 bridgehead atoms. The van der Waals surface area contributed by atoms with Gasteiger partial charge in [-0.15, -0.1) is 0 Å². The molecule has 1 saturated heterocycles. The molecular formula is C20H23NO4. The monoisotopic (exact) mass is 341 g/mol. The number of rotatable bonds is 3. The molecular weight excluding hydrogens is 318 g/mol. The number of likely N-dealkylation sites (tertiary alicyclic amines) is 1. The normalized spacial score (nSPS) is 17.4. The van der Waals surface area contributed by atoms with Crippen molar-refractivity contribution in [3.8, 4) is 5.75 Å². The maximum atomic E-state index is 12.3. The SMILES string of the molecule is O=C(COc1ccc2c3c(c(=O)oc2c1)CCC3)N1CCCCCC1. The van der Waals surface area contributed by atoms with Gasteiger partial charge in [-0.1, -0.05) is 12.8 Å². The maximum Gasteiger partial charge on any atom is 0.339 e. The van der Waals surface area contributed by atoms with Crippen molar-refractivity contribution < 1.29 is 13.9 Å². The van der Waals surface area contributed by atoms with Gasteiger partial charge in [0, 0.05) is 30.1 Å². The predicted molar refractivity (Wildman–Crippen MR) is 95.1 cm³/mol. The first-order chi connectivity index (χ1) is 12.2.